The molecule has 0 aromatic carbocycles. The summed E-state index contributed by atoms with van der Waals surface area (Å²) in [7, 11) is 0. The van der Waals surface area contributed by atoms with E-state index in [1.54, 1.807) is 0 Å². The van der Waals surface area contributed by atoms with E-state index >= 15 is 0 Å². The number of hydrogen-bond acceptors (Lipinski definition) is 1. The van der Waals surface area contributed by atoms with Crippen LogP contribution >= 0.6 is 0 Å². The molecule has 0 amide bonds. The third kappa shape index (κ3) is 8.87. The van der Waals surface area contributed by atoms with Gasteiger partial charge >= 0.3 is 0 Å². The van der Waals surface area contributed by atoms with Gasteiger partial charge < -0.3 is 17.7 Å². The van der Waals surface area contributed by atoms with Crippen molar-refractivity contribution >= 4 is 0 Å². The minimum atomic E-state index is 0. The van der Waals surface area contributed by atoms with E-state index in [2.05, 4.69) is 19.2 Å². The second-order valence-corrected chi connectivity index (χ2v) is 0.957. The van der Waals surface area contributed by atoms with E-state index < -0.39 is 0 Å². The third-order valence-corrected chi connectivity index (χ3v) is 0.500. The standard InChI is InChI=1S/C4H11N.ClH/c1-3-5-4-2;/h5H,3-4H2,1-2H3;1H/p-1. The molecule has 0 saturated carbocycles. The van der Waals surface area contributed by atoms with Crippen molar-refractivity contribution in [1.82, 2.24) is 5.32 Å². The highest BCUT2D eigenvalue weighted by atomic mass is 35.5. The van der Waals surface area contributed by atoms with Crippen LogP contribution in [-0.4, -0.2) is 13.1 Å². The Kier molecular flexibility index (Phi) is 14.3. The molecule has 6 heavy (non-hydrogen) atoms. The van der Waals surface area contributed by atoms with Crippen LogP contribution in [0.5, 0.6) is 0 Å². The molecule has 0 aromatic rings. The normalized spacial score (nSPS) is 7.00. The van der Waals surface area contributed by atoms with E-state index in [-0.39, 0.29) is 12.4 Å². The highest BCUT2D eigenvalue weighted by Crippen LogP contribution is 1.47. The molecule has 0 rings (SSSR count). The average Bonchev–Trinajstić information content (AvgIpc) is 1.41. The van der Waals surface area contributed by atoms with Gasteiger partial charge in [-0.25, -0.2) is 0 Å². The average molecular weight is 109 g/mol. The monoisotopic (exact) mass is 108 g/mol. The summed E-state index contributed by atoms with van der Waals surface area (Å²) in [6.07, 6.45) is 0. The Morgan fingerprint density at radius 3 is 1.50 bits per heavy atom. The zero-order valence-corrected chi connectivity index (χ0v) is 5.05. The fraction of sp³-hybridized carbons (Fsp3) is 1.00. The van der Waals surface area contributed by atoms with Crippen molar-refractivity contribution in [2.45, 2.75) is 13.8 Å². The molecule has 0 atom stereocenters. The molecule has 0 fully saturated rings. The zero-order valence-electron chi connectivity index (χ0n) is 4.29. The van der Waals surface area contributed by atoms with Crippen molar-refractivity contribution in [3.8, 4) is 0 Å². The highest BCUT2D eigenvalue weighted by molar-refractivity contribution is 4.27. The molecule has 1 nitrogen and oxygen atoms in total. The van der Waals surface area contributed by atoms with Crippen LogP contribution < -0.4 is 17.7 Å². The van der Waals surface area contributed by atoms with Crippen molar-refractivity contribution in [3.05, 3.63) is 0 Å². The van der Waals surface area contributed by atoms with Gasteiger partial charge in [0.15, 0.2) is 0 Å². The van der Waals surface area contributed by atoms with Crippen molar-refractivity contribution in [2.24, 2.45) is 0 Å². The van der Waals surface area contributed by atoms with E-state index in [0.29, 0.717) is 0 Å². The van der Waals surface area contributed by atoms with Gasteiger partial charge in [-0.15, -0.1) is 0 Å². The van der Waals surface area contributed by atoms with Crippen LogP contribution in [0.3, 0.4) is 0 Å². The Hall–Kier alpha value is 0.250. The van der Waals surface area contributed by atoms with Crippen molar-refractivity contribution in [1.29, 1.82) is 0 Å². The molecule has 0 aliphatic heterocycles. The first kappa shape index (κ1) is 9.54. The smallest absolute Gasteiger partial charge is 0.00775 e. The fourth-order valence-corrected chi connectivity index (χ4v) is 0.250. The summed E-state index contributed by atoms with van der Waals surface area (Å²) in [5.41, 5.74) is 0. The van der Waals surface area contributed by atoms with Gasteiger partial charge in [0.25, 0.3) is 0 Å². The lowest BCUT2D eigenvalue weighted by Crippen LogP contribution is -3.00. The molecule has 0 heterocycles. The first-order chi connectivity index (χ1) is 2.41. The maximum absolute atomic E-state index is 3.11. The van der Waals surface area contributed by atoms with Gasteiger partial charge in [-0.3, -0.25) is 0 Å². The van der Waals surface area contributed by atoms with Gasteiger partial charge in [0.1, 0.15) is 0 Å². The van der Waals surface area contributed by atoms with Gasteiger partial charge in [-0.05, 0) is 13.1 Å². The first-order valence-corrected chi connectivity index (χ1v) is 2.12. The van der Waals surface area contributed by atoms with Gasteiger partial charge in [0, 0.05) is 0 Å². The number of nitrogens with one attached hydrogen (secondary N) is 1. The summed E-state index contributed by atoms with van der Waals surface area (Å²) in [6, 6.07) is 0. The Labute approximate surface area is 45.5 Å². The maximum atomic E-state index is 3.11. The predicted molar refractivity (Wildman–Crippen MR) is 24.2 cm³/mol. The van der Waals surface area contributed by atoms with E-state index in [1.807, 2.05) is 0 Å². The Balaban J connectivity index is 0. The minimum absolute atomic E-state index is 0. The number of rotatable bonds is 2. The summed E-state index contributed by atoms with van der Waals surface area (Å²) < 4.78 is 0. The van der Waals surface area contributed by atoms with Crippen molar-refractivity contribution in [3.63, 3.8) is 0 Å². The topological polar surface area (TPSA) is 12.0 Å². The summed E-state index contributed by atoms with van der Waals surface area (Å²) in [5, 5.41) is 3.11. The first-order valence-electron chi connectivity index (χ1n) is 2.12. The summed E-state index contributed by atoms with van der Waals surface area (Å²) in [4.78, 5) is 0. The SMILES string of the molecule is CCNCC.[Cl-]. The summed E-state index contributed by atoms with van der Waals surface area (Å²) in [6.45, 7) is 6.39. The molecular formula is C4H11ClN-. The minimum Gasteiger partial charge on any atom is -1.00 e. The van der Waals surface area contributed by atoms with Gasteiger partial charge in [-0.2, -0.15) is 0 Å². The van der Waals surface area contributed by atoms with Crippen LogP contribution in [0.4, 0.5) is 0 Å². The van der Waals surface area contributed by atoms with Crippen molar-refractivity contribution in [2.75, 3.05) is 13.1 Å². The van der Waals surface area contributed by atoms with Gasteiger partial charge in [-0.1, -0.05) is 13.8 Å². The molecule has 0 spiro atoms. The molecule has 0 bridgehead atoms. The Morgan fingerprint density at radius 2 is 1.50 bits per heavy atom. The van der Waals surface area contributed by atoms with E-state index in [0.717, 1.165) is 13.1 Å². The molecule has 2 heteroatoms. The summed E-state index contributed by atoms with van der Waals surface area (Å²) >= 11 is 0. The molecule has 1 N–H and O–H groups in total. The molecule has 40 valence electrons. The molecule has 0 unspecified atom stereocenters. The van der Waals surface area contributed by atoms with Gasteiger partial charge in [0.2, 0.25) is 0 Å². The van der Waals surface area contributed by atoms with Gasteiger partial charge in [0.05, 0.1) is 0 Å². The summed E-state index contributed by atoms with van der Waals surface area (Å²) in [5.74, 6) is 0. The second-order valence-electron chi connectivity index (χ2n) is 0.957. The number of halogens is 1. The van der Waals surface area contributed by atoms with Crippen LogP contribution in [-0.2, 0) is 0 Å². The highest BCUT2D eigenvalue weighted by Gasteiger charge is 1.62. The molecule has 0 aliphatic rings. The van der Waals surface area contributed by atoms with Crippen LogP contribution in [0.25, 0.3) is 0 Å². The van der Waals surface area contributed by atoms with E-state index in [9.17, 15) is 0 Å². The molecular weight excluding hydrogens is 97.5 g/mol. The largest absolute Gasteiger partial charge is 1.00 e. The molecule has 0 aliphatic carbocycles. The Morgan fingerprint density at radius 1 is 1.17 bits per heavy atom. The lowest BCUT2D eigenvalue weighted by molar-refractivity contribution is -0.00000129. The van der Waals surface area contributed by atoms with Crippen LogP contribution in [0.15, 0.2) is 0 Å². The predicted octanol–water partition coefficient (Wildman–Crippen LogP) is -2.38. The molecule has 0 radical (unpaired) electrons. The van der Waals surface area contributed by atoms with E-state index in [4.69, 9.17) is 0 Å². The quantitative estimate of drug-likeness (QED) is 0.417. The third-order valence-electron chi connectivity index (χ3n) is 0.500. The van der Waals surface area contributed by atoms with Crippen LogP contribution in [0.2, 0.25) is 0 Å². The van der Waals surface area contributed by atoms with E-state index in [1.165, 1.54) is 0 Å². The fourth-order valence-electron chi connectivity index (χ4n) is 0.250. The van der Waals surface area contributed by atoms with Crippen LogP contribution in [0.1, 0.15) is 13.8 Å². The second kappa shape index (κ2) is 8.98. The molecule has 0 aromatic heterocycles. The van der Waals surface area contributed by atoms with Crippen molar-refractivity contribution < 1.29 is 12.4 Å². The maximum Gasteiger partial charge on any atom is -0.00775 e. The Bertz CT molecular complexity index is 15.0. The molecule has 0 saturated heterocycles. The number of hydrogen-bond donors (Lipinski definition) is 1. The van der Waals surface area contributed by atoms with Crippen LogP contribution in [0, 0.1) is 0 Å². The zero-order chi connectivity index (χ0) is 4.12. The lowest BCUT2D eigenvalue weighted by Gasteiger charge is -1.86. The lowest BCUT2D eigenvalue weighted by atomic mass is 10.7.